The minimum absolute atomic E-state index is 0.0558. The molecule has 2 aromatic rings. The van der Waals surface area contributed by atoms with Crippen molar-refractivity contribution < 1.29 is 5.11 Å². The zero-order chi connectivity index (χ0) is 13.8. The van der Waals surface area contributed by atoms with E-state index in [2.05, 4.69) is 20.9 Å². The van der Waals surface area contributed by atoms with Gasteiger partial charge in [-0.05, 0) is 23.8 Å². The molecule has 0 aliphatic rings. The summed E-state index contributed by atoms with van der Waals surface area (Å²) in [6.45, 7) is 0.324. The van der Waals surface area contributed by atoms with Crippen LogP contribution in [0.4, 0.5) is 0 Å². The maximum absolute atomic E-state index is 9.33. The highest BCUT2D eigenvalue weighted by molar-refractivity contribution is 9.10. The van der Waals surface area contributed by atoms with E-state index in [-0.39, 0.29) is 6.61 Å². The Morgan fingerprint density at radius 3 is 2.84 bits per heavy atom. The van der Waals surface area contributed by atoms with E-state index in [1.165, 1.54) is 11.8 Å². The van der Waals surface area contributed by atoms with Crippen LogP contribution in [0.2, 0.25) is 5.02 Å². The number of nitrogens with zero attached hydrogens (tertiary/aromatic N) is 1. The van der Waals surface area contributed by atoms with E-state index in [4.69, 9.17) is 17.3 Å². The number of rotatable bonds is 4. The molecule has 1 aromatic carbocycles. The third-order valence-corrected chi connectivity index (χ3v) is 4.98. The van der Waals surface area contributed by atoms with E-state index in [0.29, 0.717) is 11.6 Å². The zero-order valence-electron chi connectivity index (χ0n) is 9.94. The van der Waals surface area contributed by atoms with Crippen molar-refractivity contribution in [3.8, 4) is 0 Å². The molecule has 3 N–H and O–H groups in total. The summed E-state index contributed by atoms with van der Waals surface area (Å²) in [7, 11) is 0. The fourth-order valence-electron chi connectivity index (χ4n) is 1.61. The van der Waals surface area contributed by atoms with E-state index >= 15 is 0 Å². The molecule has 0 atom stereocenters. The minimum Gasteiger partial charge on any atom is -0.392 e. The molecule has 6 heteroatoms. The van der Waals surface area contributed by atoms with E-state index in [9.17, 15) is 5.11 Å². The molecule has 0 fully saturated rings. The standard InChI is InChI=1S/C13H12BrClN2OS/c14-10-3-4-11(15)12(9(10)6-16)19-13-8(7-18)2-1-5-17-13/h1-5,18H,6-7,16H2. The highest BCUT2D eigenvalue weighted by Gasteiger charge is 2.14. The van der Waals surface area contributed by atoms with Gasteiger partial charge < -0.3 is 10.8 Å². The number of aliphatic hydroxyl groups excluding tert-OH is 1. The molecule has 0 aliphatic heterocycles. The highest BCUT2D eigenvalue weighted by Crippen LogP contribution is 2.39. The fraction of sp³-hybridized carbons (Fsp3) is 0.154. The SMILES string of the molecule is NCc1c(Br)ccc(Cl)c1Sc1ncccc1CO. The first-order valence-corrected chi connectivity index (χ1v) is 7.55. The molecule has 0 unspecified atom stereocenters. The van der Waals surface area contributed by atoms with Gasteiger partial charge in [-0.3, -0.25) is 0 Å². The van der Waals surface area contributed by atoms with Gasteiger partial charge in [-0.1, -0.05) is 45.4 Å². The van der Waals surface area contributed by atoms with Crippen molar-refractivity contribution in [2.75, 3.05) is 0 Å². The third kappa shape index (κ3) is 3.30. The molecule has 1 aromatic heterocycles. The number of benzene rings is 1. The Hall–Kier alpha value is -0.590. The summed E-state index contributed by atoms with van der Waals surface area (Å²) < 4.78 is 0.920. The zero-order valence-corrected chi connectivity index (χ0v) is 13.1. The van der Waals surface area contributed by atoms with Gasteiger partial charge in [-0.15, -0.1) is 0 Å². The molecular formula is C13H12BrClN2OS. The summed E-state index contributed by atoms with van der Waals surface area (Å²) in [5.74, 6) is 0. The van der Waals surface area contributed by atoms with Gasteiger partial charge in [0.15, 0.2) is 0 Å². The highest BCUT2D eigenvalue weighted by atomic mass is 79.9. The fourth-order valence-corrected chi connectivity index (χ4v) is 3.58. The lowest BCUT2D eigenvalue weighted by atomic mass is 10.2. The average Bonchev–Trinajstić information content (AvgIpc) is 2.44. The first-order chi connectivity index (χ1) is 9.17. The van der Waals surface area contributed by atoms with Crippen LogP contribution in [0.25, 0.3) is 0 Å². The van der Waals surface area contributed by atoms with Crippen LogP contribution < -0.4 is 5.73 Å². The summed E-state index contributed by atoms with van der Waals surface area (Å²) in [4.78, 5) is 5.15. The molecule has 0 spiro atoms. The Morgan fingerprint density at radius 2 is 2.16 bits per heavy atom. The molecule has 3 nitrogen and oxygen atoms in total. The summed E-state index contributed by atoms with van der Waals surface area (Å²) in [5, 5.41) is 10.7. The maximum Gasteiger partial charge on any atom is 0.106 e. The number of halogens is 2. The lowest BCUT2D eigenvalue weighted by Crippen LogP contribution is -2.01. The van der Waals surface area contributed by atoms with Crippen LogP contribution in [0.15, 0.2) is 44.9 Å². The van der Waals surface area contributed by atoms with Crippen LogP contribution in [0, 0.1) is 0 Å². The van der Waals surface area contributed by atoms with Crippen LogP contribution in [0.3, 0.4) is 0 Å². The topological polar surface area (TPSA) is 59.1 Å². The summed E-state index contributed by atoms with van der Waals surface area (Å²) in [6.07, 6.45) is 1.69. The molecule has 100 valence electrons. The Labute approximate surface area is 129 Å². The molecule has 0 saturated carbocycles. The molecule has 0 bridgehead atoms. The Morgan fingerprint density at radius 1 is 1.37 bits per heavy atom. The normalized spacial score (nSPS) is 10.7. The van der Waals surface area contributed by atoms with Gasteiger partial charge in [0.25, 0.3) is 0 Å². The van der Waals surface area contributed by atoms with Crippen LogP contribution in [0.1, 0.15) is 11.1 Å². The van der Waals surface area contributed by atoms with Crippen molar-refractivity contribution in [2.24, 2.45) is 5.73 Å². The molecule has 0 saturated heterocycles. The smallest absolute Gasteiger partial charge is 0.106 e. The lowest BCUT2D eigenvalue weighted by molar-refractivity contribution is 0.278. The Kier molecular flexibility index (Phi) is 5.24. The van der Waals surface area contributed by atoms with Crippen LogP contribution in [-0.4, -0.2) is 10.1 Å². The van der Waals surface area contributed by atoms with Gasteiger partial charge in [0.1, 0.15) is 5.03 Å². The van der Waals surface area contributed by atoms with Crippen molar-refractivity contribution >= 4 is 39.3 Å². The number of nitrogens with two attached hydrogens (primary N) is 1. The first kappa shape index (κ1) is 14.8. The van der Waals surface area contributed by atoms with Crippen molar-refractivity contribution in [1.82, 2.24) is 4.98 Å². The number of hydrogen-bond acceptors (Lipinski definition) is 4. The van der Waals surface area contributed by atoms with Crippen LogP contribution in [0.5, 0.6) is 0 Å². The van der Waals surface area contributed by atoms with Gasteiger partial charge in [0, 0.05) is 27.7 Å². The predicted molar refractivity (Wildman–Crippen MR) is 81.3 cm³/mol. The van der Waals surface area contributed by atoms with Crippen molar-refractivity contribution in [3.63, 3.8) is 0 Å². The first-order valence-electron chi connectivity index (χ1n) is 5.57. The van der Waals surface area contributed by atoms with Crippen molar-refractivity contribution in [2.45, 2.75) is 23.1 Å². The predicted octanol–water partition coefficient (Wildman–Crippen LogP) is 3.60. The Balaban J connectivity index is 2.46. The quantitative estimate of drug-likeness (QED) is 0.875. The summed E-state index contributed by atoms with van der Waals surface area (Å²) in [6, 6.07) is 7.32. The largest absolute Gasteiger partial charge is 0.392 e. The molecule has 0 aliphatic carbocycles. The number of aliphatic hydroxyl groups is 1. The van der Waals surface area contributed by atoms with Gasteiger partial charge in [0.05, 0.1) is 11.6 Å². The lowest BCUT2D eigenvalue weighted by Gasteiger charge is -2.12. The second kappa shape index (κ2) is 6.72. The number of pyridine rings is 1. The average molecular weight is 360 g/mol. The maximum atomic E-state index is 9.33. The van der Waals surface area contributed by atoms with E-state index < -0.39 is 0 Å². The molecule has 19 heavy (non-hydrogen) atoms. The monoisotopic (exact) mass is 358 g/mol. The van der Waals surface area contributed by atoms with E-state index in [1.807, 2.05) is 18.2 Å². The van der Waals surface area contributed by atoms with Gasteiger partial charge in [-0.2, -0.15) is 0 Å². The molecule has 0 radical (unpaired) electrons. The van der Waals surface area contributed by atoms with E-state index in [0.717, 1.165) is 25.5 Å². The van der Waals surface area contributed by atoms with Crippen molar-refractivity contribution in [1.29, 1.82) is 0 Å². The second-order valence-corrected chi connectivity index (χ2v) is 6.03. The molecule has 0 amide bonds. The van der Waals surface area contributed by atoms with Crippen LogP contribution in [-0.2, 0) is 13.2 Å². The van der Waals surface area contributed by atoms with Gasteiger partial charge in [0.2, 0.25) is 0 Å². The third-order valence-electron chi connectivity index (χ3n) is 2.58. The molecular weight excluding hydrogens is 348 g/mol. The van der Waals surface area contributed by atoms with Crippen molar-refractivity contribution in [3.05, 3.63) is 51.1 Å². The second-order valence-electron chi connectivity index (χ2n) is 3.77. The molecule has 1 heterocycles. The number of hydrogen-bond donors (Lipinski definition) is 2. The summed E-state index contributed by atoms with van der Waals surface area (Å²) >= 11 is 11.1. The molecule has 2 rings (SSSR count). The number of aromatic nitrogens is 1. The van der Waals surface area contributed by atoms with Gasteiger partial charge >= 0.3 is 0 Å². The summed E-state index contributed by atoms with van der Waals surface area (Å²) in [5.41, 5.74) is 7.48. The van der Waals surface area contributed by atoms with Gasteiger partial charge in [-0.25, -0.2) is 4.98 Å². The van der Waals surface area contributed by atoms with Crippen LogP contribution >= 0.6 is 39.3 Å². The van der Waals surface area contributed by atoms with E-state index in [1.54, 1.807) is 12.3 Å². The minimum atomic E-state index is -0.0558. The Bertz CT molecular complexity index is 595.